The first-order valence-electron chi connectivity index (χ1n) is 8.40. The zero-order valence-corrected chi connectivity index (χ0v) is 14.4. The monoisotopic (exact) mass is 347 g/mol. The third-order valence-corrected chi connectivity index (χ3v) is 4.40. The van der Waals surface area contributed by atoms with E-state index in [4.69, 9.17) is 4.74 Å². The Labute approximate surface area is 145 Å². The van der Waals surface area contributed by atoms with E-state index in [0.29, 0.717) is 37.4 Å². The van der Waals surface area contributed by atoms with E-state index in [-0.39, 0.29) is 11.3 Å². The molecular formula is C18H22FN3O3. The standard InChI is InChI=1S/C18H22FN3O3/c1-3-4-16-20-14-10-22(6-5-12(14)18(24)21-16)9-11-7-13(19)17(23)15(8-11)25-2/h7-8,23H,3-6,9-10H2,1-2H3,(H,20,21,24). The Bertz CT molecular complexity index is 835. The number of aromatic nitrogens is 2. The number of nitrogens with one attached hydrogen (secondary N) is 1. The van der Waals surface area contributed by atoms with Crippen LogP contribution in [0.3, 0.4) is 0 Å². The number of rotatable bonds is 5. The number of ether oxygens (including phenoxy) is 1. The molecule has 2 heterocycles. The van der Waals surface area contributed by atoms with Gasteiger partial charge in [-0.2, -0.15) is 0 Å². The van der Waals surface area contributed by atoms with Gasteiger partial charge in [0.05, 0.1) is 12.8 Å². The maximum atomic E-state index is 13.8. The lowest BCUT2D eigenvalue weighted by Gasteiger charge is -2.28. The highest BCUT2D eigenvalue weighted by Gasteiger charge is 2.22. The zero-order valence-electron chi connectivity index (χ0n) is 14.4. The van der Waals surface area contributed by atoms with Crippen LogP contribution >= 0.6 is 0 Å². The largest absolute Gasteiger partial charge is 0.502 e. The van der Waals surface area contributed by atoms with E-state index in [0.717, 1.165) is 24.1 Å². The van der Waals surface area contributed by atoms with Crippen molar-refractivity contribution in [1.82, 2.24) is 14.9 Å². The summed E-state index contributed by atoms with van der Waals surface area (Å²) in [6, 6.07) is 2.93. The fourth-order valence-electron chi connectivity index (χ4n) is 3.17. The highest BCUT2D eigenvalue weighted by atomic mass is 19.1. The Hall–Kier alpha value is -2.41. The number of phenolic OH excluding ortho intramolecular Hbond substituents is 1. The van der Waals surface area contributed by atoms with E-state index in [1.165, 1.54) is 13.2 Å². The predicted octanol–water partition coefficient (Wildman–Crippen LogP) is 2.13. The van der Waals surface area contributed by atoms with Crippen molar-refractivity contribution in [2.45, 2.75) is 39.3 Å². The first-order valence-corrected chi connectivity index (χ1v) is 8.40. The third kappa shape index (κ3) is 3.66. The number of aromatic hydroxyl groups is 1. The number of H-pyrrole nitrogens is 1. The number of aryl methyl sites for hydroxylation is 1. The summed E-state index contributed by atoms with van der Waals surface area (Å²) in [5.74, 6) is -0.350. The van der Waals surface area contributed by atoms with Gasteiger partial charge >= 0.3 is 0 Å². The van der Waals surface area contributed by atoms with Crippen molar-refractivity contribution < 1.29 is 14.2 Å². The highest BCUT2D eigenvalue weighted by molar-refractivity contribution is 5.43. The SMILES string of the molecule is CCCc1nc2c(c(=O)[nH]1)CCN(Cc1cc(F)c(O)c(OC)c1)C2. The molecule has 0 atom stereocenters. The summed E-state index contributed by atoms with van der Waals surface area (Å²) in [6.45, 7) is 3.76. The molecule has 0 aliphatic carbocycles. The van der Waals surface area contributed by atoms with E-state index in [1.54, 1.807) is 6.07 Å². The first kappa shape index (κ1) is 17.4. The molecular weight excluding hydrogens is 325 g/mol. The summed E-state index contributed by atoms with van der Waals surface area (Å²) in [7, 11) is 1.39. The van der Waals surface area contributed by atoms with Crippen LogP contribution in [0.15, 0.2) is 16.9 Å². The van der Waals surface area contributed by atoms with E-state index in [9.17, 15) is 14.3 Å². The average Bonchev–Trinajstić information content (AvgIpc) is 2.58. The number of benzene rings is 1. The first-order chi connectivity index (χ1) is 12.0. The molecule has 3 rings (SSSR count). The van der Waals surface area contributed by atoms with Gasteiger partial charge in [0.15, 0.2) is 17.3 Å². The molecule has 134 valence electrons. The molecule has 1 aliphatic rings. The van der Waals surface area contributed by atoms with Crippen LogP contribution in [-0.4, -0.2) is 33.6 Å². The molecule has 0 amide bonds. The number of methoxy groups -OCH3 is 1. The van der Waals surface area contributed by atoms with Crippen LogP contribution in [0.4, 0.5) is 4.39 Å². The lowest BCUT2D eigenvalue weighted by atomic mass is 10.0. The fourth-order valence-corrected chi connectivity index (χ4v) is 3.17. The number of halogens is 1. The second kappa shape index (κ2) is 7.23. The van der Waals surface area contributed by atoms with Gasteiger partial charge in [-0.05, 0) is 30.5 Å². The molecule has 0 spiro atoms. The van der Waals surface area contributed by atoms with Gasteiger partial charge in [-0.3, -0.25) is 9.69 Å². The molecule has 0 saturated carbocycles. The van der Waals surface area contributed by atoms with Crippen molar-refractivity contribution in [2.75, 3.05) is 13.7 Å². The fraction of sp³-hybridized carbons (Fsp3) is 0.444. The Morgan fingerprint density at radius 3 is 2.96 bits per heavy atom. The lowest BCUT2D eigenvalue weighted by molar-refractivity contribution is 0.239. The maximum absolute atomic E-state index is 13.8. The van der Waals surface area contributed by atoms with Crippen molar-refractivity contribution in [2.24, 2.45) is 0 Å². The molecule has 1 aromatic heterocycles. The van der Waals surface area contributed by atoms with E-state index >= 15 is 0 Å². The molecule has 0 saturated heterocycles. The molecule has 0 radical (unpaired) electrons. The van der Waals surface area contributed by atoms with Crippen LogP contribution in [0, 0.1) is 5.82 Å². The predicted molar refractivity (Wildman–Crippen MR) is 91.3 cm³/mol. The molecule has 2 aromatic rings. The zero-order chi connectivity index (χ0) is 18.0. The summed E-state index contributed by atoms with van der Waals surface area (Å²) >= 11 is 0. The average molecular weight is 347 g/mol. The Morgan fingerprint density at radius 2 is 2.24 bits per heavy atom. The van der Waals surface area contributed by atoms with E-state index in [2.05, 4.69) is 14.9 Å². The van der Waals surface area contributed by atoms with Gasteiger partial charge in [0.1, 0.15) is 5.82 Å². The number of hydrogen-bond acceptors (Lipinski definition) is 5. The van der Waals surface area contributed by atoms with Crippen LogP contribution in [0.1, 0.15) is 36.0 Å². The molecule has 25 heavy (non-hydrogen) atoms. The highest BCUT2D eigenvalue weighted by Crippen LogP contribution is 2.31. The molecule has 0 bridgehead atoms. The number of phenols is 1. The van der Waals surface area contributed by atoms with Crippen LogP contribution in [-0.2, 0) is 25.9 Å². The van der Waals surface area contributed by atoms with Crippen LogP contribution < -0.4 is 10.3 Å². The molecule has 2 N–H and O–H groups in total. The molecule has 0 fully saturated rings. The van der Waals surface area contributed by atoms with Gasteiger partial charge in [0.25, 0.3) is 5.56 Å². The lowest BCUT2D eigenvalue weighted by Crippen LogP contribution is -2.35. The summed E-state index contributed by atoms with van der Waals surface area (Å²) in [6.07, 6.45) is 2.27. The van der Waals surface area contributed by atoms with Crippen molar-refractivity contribution in [3.8, 4) is 11.5 Å². The molecule has 1 aliphatic heterocycles. The number of aromatic amines is 1. The van der Waals surface area contributed by atoms with Gasteiger partial charge in [0, 0.05) is 31.6 Å². The van der Waals surface area contributed by atoms with Crippen molar-refractivity contribution in [1.29, 1.82) is 0 Å². The number of fused-ring (bicyclic) bond motifs is 1. The van der Waals surface area contributed by atoms with Crippen molar-refractivity contribution >= 4 is 0 Å². The number of hydrogen-bond donors (Lipinski definition) is 2. The second-order valence-electron chi connectivity index (χ2n) is 6.28. The molecule has 0 unspecified atom stereocenters. The van der Waals surface area contributed by atoms with Gasteiger partial charge in [0.2, 0.25) is 0 Å². The van der Waals surface area contributed by atoms with Crippen LogP contribution in [0.2, 0.25) is 0 Å². The van der Waals surface area contributed by atoms with E-state index in [1.807, 2.05) is 6.92 Å². The minimum atomic E-state index is -0.702. The van der Waals surface area contributed by atoms with Crippen LogP contribution in [0.5, 0.6) is 11.5 Å². The number of nitrogens with zero attached hydrogens (tertiary/aromatic N) is 2. The molecule has 7 heteroatoms. The Morgan fingerprint density at radius 1 is 1.44 bits per heavy atom. The summed E-state index contributed by atoms with van der Waals surface area (Å²) in [5, 5.41) is 9.61. The van der Waals surface area contributed by atoms with Gasteiger partial charge in [-0.25, -0.2) is 9.37 Å². The third-order valence-electron chi connectivity index (χ3n) is 4.40. The maximum Gasteiger partial charge on any atom is 0.254 e. The smallest absolute Gasteiger partial charge is 0.254 e. The minimum absolute atomic E-state index is 0.0505. The minimum Gasteiger partial charge on any atom is -0.502 e. The van der Waals surface area contributed by atoms with E-state index < -0.39 is 11.6 Å². The normalized spacial score (nSPS) is 14.4. The van der Waals surface area contributed by atoms with Gasteiger partial charge in [-0.15, -0.1) is 0 Å². The van der Waals surface area contributed by atoms with Crippen molar-refractivity contribution in [3.63, 3.8) is 0 Å². The quantitative estimate of drug-likeness (QED) is 0.866. The summed E-state index contributed by atoms with van der Waals surface area (Å²) in [4.78, 5) is 21.7. The van der Waals surface area contributed by atoms with Gasteiger partial charge < -0.3 is 14.8 Å². The summed E-state index contributed by atoms with van der Waals surface area (Å²) < 4.78 is 18.8. The van der Waals surface area contributed by atoms with Gasteiger partial charge in [-0.1, -0.05) is 6.92 Å². The Balaban J connectivity index is 1.81. The van der Waals surface area contributed by atoms with Crippen LogP contribution in [0.25, 0.3) is 0 Å². The second-order valence-corrected chi connectivity index (χ2v) is 6.28. The topological polar surface area (TPSA) is 78.5 Å². The Kier molecular flexibility index (Phi) is 5.03. The summed E-state index contributed by atoms with van der Waals surface area (Å²) in [5.41, 5.74) is 2.19. The molecule has 6 nitrogen and oxygen atoms in total. The van der Waals surface area contributed by atoms with Crippen molar-refractivity contribution in [3.05, 3.63) is 50.9 Å². The molecule has 1 aromatic carbocycles.